The predicted octanol–water partition coefficient (Wildman–Crippen LogP) is 3.88. The van der Waals surface area contributed by atoms with Crippen molar-refractivity contribution in [2.45, 2.75) is 69.9 Å². The molecule has 0 saturated heterocycles. The quantitative estimate of drug-likeness (QED) is 0.341. The summed E-state index contributed by atoms with van der Waals surface area (Å²) in [6, 6.07) is 10.1. The van der Waals surface area contributed by atoms with Crippen molar-refractivity contribution in [1.82, 2.24) is 19.4 Å². The van der Waals surface area contributed by atoms with Gasteiger partial charge in [-0.15, -0.1) is 0 Å². The van der Waals surface area contributed by atoms with Gasteiger partial charge < -0.3 is 33.5 Å². The fourth-order valence-electron chi connectivity index (χ4n) is 5.91. The molecule has 0 spiro atoms. The first kappa shape index (κ1) is 35.5. The second kappa shape index (κ2) is 15.6. The molecule has 2 aliphatic rings. The number of fused-ring (bicyclic) bond motifs is 2. The van der Waals surface area contributed by atoms with Crippen LogP contribution in [0.3, 0.4) is 0 Å². The first-order valence-electron chi connectivity index (χ1n) is 16.4. The molecule has 0 radical (unpaired) electrons. The van der Waals surface area contributed by atoms with Gasteiger partial charge in [-0.05, 0) is 76.1 Å². The molecule has 0 saturated carbocycles. The molecule has 14 heteroatoms. The number of likely N-dealkylation sites (N-methyl/N-ethyl adjacent to an activating group) is 1. The number of rotatable bonds is 9. The molecule has 0 unspecified atom stereocenters. The number of anilines is 1. The summed E-state index contributed by atoms with van der Waals surface area (Å²) in [5.41, 5.74) is 1.48. The van der Waals surface area contributed by atoms with E-state index in [2.05, 4.69) is 14.6 Å². The van der Waals surface area contributed by atoms with Crippen LogP contribution < -0.4 is 18.9 Å². The number of carbonyl (C=O) groups is 1. The molecule has 1 aromatic heterocycles. The molecule has 0 fully saturated rings. The fourth-order valence-corrected chi connectivity index (χ4v) is 6.94. The number of nitrogens with one attached hydrogen (secondary N) is 1. The van der Waals surface area contributed by atoms with Crippen molar-refractivity contribution in [2.24, 2.45) is 13.0 Å². The van der Waals surface area contributed by atoms with Crippen molar-refractivity contribution in [3.05, 3.63) is 60.0 Å². The van der Waals surface area contributed by atoms with E-state index in [1.807, 2.05) is 39.1 Å². The number of imidazole rings is 1. The summed E-state index contributed by atoms with van der Waals surface area (Å²) in [6.45, 7) is 7.88. The summed E-state index contributed by atoms with van der Waals surface area (Å²) in [4.78, 5) is 22.2. The van der Waals surface area contributed by atoms with Crippen molar-refractivity contribution < 1.29 is 37.3 Å². The van der Waals surface area contributed by atoms with E-state index < -0.39 is 16.1 Å². The third-order valence-electron chi connectivity index (χ3n) is 8.64. The lowest BCUT2D eigenvalue weighted by Gasteiger charge is -2.36. The van der Waals surface area contributed by atoms with E-state index in [-0.39, 0.29) is 53.7 Å². The summed E-state index contributed by atoms with van der Waals surface area (Å²) in [5, 5.41) is 10.1. The van der Waals surface area contributed by atoms with Crippen LogP contribution in [0.15, 0.2) is 53.9 Å². The number of hydrogen-bond donors (Lipinski definition) is 2. The summed E-state index contributed by atoms with van der Waals surface area (Å²) in [5.74, 6) is 1.34. The van der Waals surface area contributed by atoms with Crippen LogP contribution in [0.2, 0.25) is 0 Å². The number of ether oxygens (including phenoxy) is 4. The van der Waals surface area contributed by atoms with Crippen molar-refractivity contribution in [3.63, 3.8) is 0 Å². The summed E-state index contributed by atoms with van der Waals surface area (Å²) < 4.78 is 54.0. The van der Waals surface area contributed by atoms with Gasteiger partial charge in [-0.2, -0.15) is 8.42 Å². The van der Waals surface area contributed by atoms with Crippen molar-refractivity contribution in [1.29, 1.82) is 0 Å². The number of sulfonamides is 1. The Hall–Kier alpha value is -3.85. The number of hydrogen-bond acceptors (Lipinski definition) is 10. The zero-order valence-electron chi connectivity index (χ0n) is 28.3. The average molecular weight is 686 g/mol. The highest BCUT2D eigenvalue weighted by Crippen LogP contribution is 2.33. The number of aliphatic hydroxyl groups is 1. The molecule has 3 aromatic rings. The first-order chi connectivity index (χ1) is 22.9. The second-order valence-electron chi connectivity index (χ2n) is 12.9. The second-order valence-corrected chi connectivity index (χ2v) is 14.5. The molecule has 2 N–H and O–H groups in total. The monoisotopic (exact) mass is 685 g/mol. The molecule has 3 heterocycles. The van der Waals surface area contributed by atoms with Gasteiger partial charge in [0.05, 0.1) is 36.7 Å². The van der Waals surface area contributed by atoms with Crippen LogP contribution >= 0.6 is 0 Å². The molecule has 48 heavy (non-hydrogen) atoms. The number of aryl methyl sites for hydroxylation is 1. The Bertz CT molecular complexity index is 1660. The van der Waals surface area contributed by atoms with Gasteiger partial charge >= 0.3 is 0 Å². The van der Waals surface area contributed by atoms with Gasteiger partial charge in [-0.25, -0.2) is 4.98 Å². The van der Waals surface area contributed by atoms with Crippen LogP contribution in [0.5, 0.6) is 17.2 Å². The highest BCUT2D eigenvalue weighted by atomic mass is 32.2. The molecular formula is C34H47N5O8S. The Morgan fingerprint density at radius 3 is 2.62 bits per heavy atom. The summed E-state index contributed by atoms with van der Waals surface area (Å²) in [7, 11) is -0.290. The molecule has 4 atom stereocenters. The lowest BCUT2D eigenvalue weighted by Crippen LogP contribution is -2.47. The van der Waals surface area contributed by atoms with Crippen molar-refractivity contribution in [2.75, 3.05) is 44.9 Å². The third kappa shape index (κ3) is 8.78. The van der Waals surface area contributed by atoms with E-state index in [0.717, 1.165) is 36.3 Å². The topological polar surface area (TPSA) is 145 Å². The molecule has 262 valence electrons. The Labute approximate surface area is 282 Å². The van der Waals surface area contributed by atoms with Gasteiger partial charge in [0.1, 0.15) is 5.75 Å². The van der Waals surface area contributed by atoms with E-state index >= 15 is 0 Å². The first-order valence-corrected chi connectivity index (χ1v) is 17.8. The number of amides is 1. The maximum atomic E-state index is 14.4. The number of aromatic nitrogens is 2. The minimum absolute atomic E-state index is 0.112. The molecule has 2 aromatic carbocycles. The predicted molar refractivity (Wildman–Crippen MR) is 180 cm³/mol. The van der Waals surface area contributed by atoms with Gasteiger partial charge in [-0.1, -0.05) is 13.0 Å². The normalized spacial score (nSPS) is 21.4. The van der Waals surface area contributed by atoms with E-state index in [9.17, 15) is 18.3 Å². The van der Waals surface area contributed by atoms with E-state index in [1.165, 1.54) is 23.2 Å². The Balaban J connectivity index is 1.40. The highest BCUT2D eigenvalue weighted by Gasteiger charge is 2.31. The van der Waals surface area contributed by atoms with Crippen LogP contribution in [-0.2, 0) is 28.4 Å². The van der Waals surface area contributed by atoms with Crippen molar-refractivity contribution in [3.8, 4) is 17.2 Å². The van der Waals surface area contributed by atoms with E-state index in [1.54, 1.807) is 31.0 Å². The smallest absolute Gasteiger partial charge is 0.280 e. The molecule has 0 bridgehead atoms. The van der Waals surface area contributed by atoms with Crippen LogP contribution in [0.25, 0.3) is 0 Å². The third-order valence-corrected chi connectivity index (χ3v) is 9.91. The van der Waals surface area contributed by atoms with Crippen LogP contribution in [0.1, 0.15) is 56.0 Å². The minimum atomic E-state index is -4.01. The van der Waals surface area contributed by atoms with E-state index in [0.29, 0.717) is 32.0 Å². The Kier molecular flexibility index (Phi) is 11.5. The summed E-state index contributed by atoms with van der Waals surface area (Å²) in [6.07, 6.45) is 4.84. The molecule has 1 amide bonds. The van der Waals surface area contributed by atoms with Gasteiger partial charge in [0.15, 0.2) is 16.5 Å². The number of nitrogens with zero attached hydrogens (tertiary/aromatic N) is 4. The van der Waals surface area contributed by atoms with Crippen LogP contribution in [0.4, 0.5) is 5.69 Å². The van der Waals surface area contributed by atoms with Crippen molar-refractivity contribution >= 4 is 21.6 Å². The zero-order valence-corrected chi connectivity index (χ0v) is 29.1. The van der Waals surface area contributed by atoms with Gasteiger partial charge in [0.2, 0.25) is 6.79 Å². The Morgan fingerprint density at radius 1 is 1.10 bits per heavy atom. The number of carbonyl (C=O) groups excluding carboxylic acids is 1. The largest absolute Gasteiger partial charge is 0.490 e. The van der Waals surface area contributed by atoms with Gasteiger partial charge in [0.25, 0.3) is 15.9 Å². The minimum Gasteiger partial charge on any atom is -0.490 e. The molecular weight excluding hydrogens is 638 g/mol. The summed E-state index contributed by atoms with van der Waals surface area (Å²) >= 11 is 0. The van der Waals surface area contributed by atoms with Crippen LogP contribution in [-0.4, -0.2) is 97.2 Å². The Morgan fingerprint density at radius 2 is 1.88 bits per heavy atom. The lowest BCUT2D eigenvalue weighted by atomic mass is 10.0. The number of benzene rings is 2. The molecule has 2 aliphatic heterocycles. The molecule has 5 rings (SSSR count). The maximum absolute atomic E-state index is 14.4. The lowest BCUT2D eigenvalue weighted by molar-refractivity contribution is -0.0177. The van der Waals surface area contributed by atoms with Gasteiger partial charge in [0, 0.05) is 51.1 Å². The molecule has 13 nitrogen and oxygen atoms in total. The highest BCUT2D eigenvalue weighted by molar-refractivity contribution is 7.92. The zero-order chi connectivity index (χ0) is 34.4. The maximum Gasteiger partial charge on any atom is 0.280 e. The van der Waals surface area contributed by atoms with Gasteiger partial charge in [-0.3, -0.25) is 14.4 Å². The number of aliphatic hydroxyl groups excluding tert-OH is 1. The van der Waals surface area contributed by atoms with Crippen LogP contribution in [0, 0.1) is 5.92 Å². The SMILES string of the molecule is C[C@H](CO)N1C[C@H](C)[C@H](CN(C)Cc2ccc3c(c2)OCO3)OCCCC[C@H](C)Oc2ccc(NS(=O)(=O)c3cn(C)cn3)cc2C1=O. The standard InChI is InChI=1S/C34H47N5O8S/c1-23-16-39(24(2)20-40)34(41)28-15-27(36-48(42,43)33-19-38(5)21-35-33)10-12-29(28)47-25(3)8-6-7-13-44-32(23)18-37(4)17-26-9-11-30-31(14-26)46-22-45-30/h9-12,14-15,19,21,23-25,32,36,40H,6-8,13,16-18,20,22H2,1-5H3/t23-,24+,25-,32-/m0/s1. The fraction of sp³-hybridized carbons (Fsp3) is 0.529. The molecule has 0 aliphatic carbocycles. The van der Waals surface area contributed by atoms with E-state index in [4.69, 9.17) is 18.9 Å². The average Bonchev–Trinajstić information content (AvgIpc) is 3.71.